The molecule has 0 saturated carbocycles. The van der Waals surface area contributed by atoms with Gasteiger partial charge in [-0.25, -0.2) is 0 Å². The first-order valence-corrected chi connectivity index (χ1v) is 10.5. The molecule has 4 rings (SSSR count). The Morgan fingerprint density at radius 1 is 0.867 bits per heavy atom. The van der Waals surface area contributed by atoms with E-state index in [1.54, 1.807) is 12.1 Å². The summed E-state index contributed by atoms with van der Waals surface area (Å²) in [6.07, 6.45) is 1.82. The van der Waals surface area contributed by atoms with Crippen LogP contribution in [0.4, 0.5) is 5.69 Å². The third-order valence-corrected chi connectivity index (χ3v) is 5.82. The fourth-order valence-corrected chi connectivity index (χ4v) is 3.77. The number of hydrogen-bond donors (Lipinski definition) is 0. The lowest BCUT2D eigenvalue weighted by molar-refractivity contribution is 0.306. The van der Waals surface area contributed by atoms with Crippen LogP contribution in [-0.4, -0.2) is 6.21 Å². The number of halogens is 3. The van der Waals surface area contributed by atoms with Crippen LogP contribution >= 0.6 is 34.8 Å². The van der Waals surface area contributed by atoms with Gasteiger partial charge in [-0.1, -0.05) is 77.3 Å². The van der Waals surface area contributed by atoms with E-state index in [1.807, 2.05) is 61.7 Å². The van der Waals surface area contributed by atoms with E-state index in [1.165, 1.54) is 0 Å². The lowest BCUT2D eigenvalue weighted by Gasteiger charge is -2.13. The van der Waals surface area contributed by atoms with Crippen molar-refractivity contribution in [1.29, 1.82) is 0 Å². The molecule has 0 aliphatic heterocycles. The fraction of sp³-hybridized carbons (Fsp3) is 0.0800. The number of hydrogen-bond acceptors (Lipinski definition) is 2. The zero-order chi connectivity index (χ0) is 21.1. The Hall–Kier alpha value is -2.52. The number of nitrogens with zero attached hydrogens (tertiary/aromatic N) is 1. The Kier molecular flexibility index (Phi) is 6.29. The van der Waals surface area contributed by atoms with E-state index in [-0.39, 0.29) is 0 Å². The molecule has 0 bridgehead atoms. The lowest BCUT2D eigenvalue weighted by Crippen LogP contribution is -2.00. The summed E-state index contributed by atoms with van der Waals surface area (Å²) < 4.78 is 6.14. The molecule has 0 N–H and O–H groups in total. The van der Waals surface area contributed by atoms with Crippen LogP contribution in [0.25, 0.3) is 10.8 Å². The zero-order valence-electron chi connectivity index (χ0n) is 16.2. The molecule has 0 unspecified atom stereocenters. The summed E-state index contributed by atoms with van der Waals surface area (Å²) in [5.41, 5.74) is 3.56. The highest BCUT2D eigenvalue weighted by atomic mass is 35.5. The van der Waals surface area contributed by atoms with E-state index in [0.29, 0.717) is 21.7 Å². The number of aryl methyl sites for hydroxylation is 1. The van der Waals surface area contributed by atoms with Gasteiger partial charge >= 0.3 is 0 Å². The normalized spacial score (nSPS) is 11.3. The van der Waals surface area contributed by atoms with E-state index >= 15 is 0 Å². The first-order valence-electron chi connectivity index (χ1n) is 9.40. The number of aliphatic imine (C=N–C) groups is 1. The van der Waals surface area contributed by atoms with Crippen molar-refractivity contribution in [3.8, 4) is 5.75 Å². The van der Waals surface area contributed by atoms with Crippen molar-refractivity contribution < 1.29 is 4.74 Å². The smallest absolute Gasteiger partial charge is 0.129 e. The van der Waals surface area contributed by atoms with Gasteiger partial charge in [-0.05, 0) is 53.6 Å². The van der Waals surface area contributed by atoms with E-state index in [9.17, 15) is 0 Å². The Balaban J connectivity index is 1.70. The summed E-state index contributed by atoms with van der Waals surface area (Å²) in [5, 5.41) is 4.03. The van der Waals surface area contributed by atoms with Gasteiger partial charge in [0, 0.05) is 32.4 Å². The van der Waals surface area contributed by atoms with Crippen molar-refractivity contribution in [3.63, 3.8) is 0 Å². The second kappa shape index (κ2) is 9.09. The van der Waals surface area contributed by atoms with Gasteiger partial charge in [0.1, 0.15) is 12.4 Å². The third-order valence-electron chi connectivity index (χ3n) is 4.83. The highest BCUT2D eigenvalue weighted by Gasteiger charge is 2.09. The van der Waals surface area contributed by atoms with Crippen LogP contribution < -0.4 is 4.74 Å². The topological polar surface area (TPSA) is 21.6 Å². The molecule has 4 aromatic rings. The van der Waals surface area contributed by atoms with Crippen molar-refractivity contribution in [2.75, 3.05) is 0 Å². The van der Waals surface area contributed by atoms with Crippen molar-refractivity contribution in [2.24, 2.45) is 4.99 Å². The Morgan fingerprint density at radius 2 is 1.70 bits per heavy atom. The van der Waals surface area contributed by atoms with Crippen molar-refractivity contribution >= 4 is 57.5 Å². The molecule has 2 nitrogen and oxygen atoms in total. The molecule has 0 radical (unpaired) electrons. The van der Waals surface area contributed by atoms with Crippen LogP contribution in [0.15, 0.2) is 77.8 Å². The first-order chi connectivity index (χ1) is 14.5. The molecule has 0 fully saturated rings. The van der Waals surface area contributed by atoms with Gasteiger partial charge in [0.2, 0.25) is 0 Å². The Morgan fingerprint density at radius 3 is 2.50 bits per heavy atom. The van der Waals surface area contributed by atoms with Crippen LogP contribution in [0, 0.1) is 6.92 Å². The SMILES string of the molecule is Cc1ccc(N=Cc2c(OCc3ccc(Cl)cc3Cl)ccc3ccccc23)cc1Cl. The lowest BCUT2D eigenvalue weighted by atomic mass is 10.0. The maximum atomic E-state index is 6.30. The van der Waals surface area contributed by atoms with Gasteiger partial charge in [-0.3, -0.25) is 4.99 Å². The molecule has 0 aromatic heterocycles. The largest absolute Gasteiger partial charge is 0.488 e. The maximum Gasteiger partial charge on any atom is 0.129 e. The summed E-state index contributed by atoms with van der Waals surface area (Å²) in [4.78, 5) is 4.64. The van der Waals surface area contributed by atoms with Crippen LogP contribution in [0.5, 0.6) is 5.75 Å². The number of fused-ring (bicyclic) bond motifs is 1. The quantitative estimate of drug-likeness (QED) is 0.277. The molecule has 5 heteroatoms. The van der Waals surface area contributed by atoms with Crippen molar-refractivity contribution in [1.82, 2.24) is 0 Å². The van der Waals surface area contributed by atoms with Crippen LogP contribution in [0.3, 0.4) is 0 Å². The highest BCUT2D eigenvalue weighted by Crippen LogP contribution is 2.30. The minimum atomic E-state index is 0.325. The number of benzene rings is 4. The summed E-state index contributed by atoms with van der Waals surface area (Å²) in [6.45, 7) is 2.29. The van der Waals surface area contributed by atoms with Crippen LogP contribution in [0.2, 0.25) is 15.1 Å². The first kappa shape index (κ1) is 20.7. The minimum absolute atomic E-state index is 0.325. The summed E-state index contributed by atoms with van der Waals surface area (Å²) >= 11 is 18.5. The van der Waals surface area contributed by atoms with E-state index in [2.05, 4.69) is 17.1 Å². The molecule has 0 saturated heterocycles. The average Bonchev–Trinajstić information content (AvgIpc) is 2.74. The molecular formula is C25H18Cl3NO. The highest BCUT2D eigenvalue weighted by molar-refractivity contribution is 6.35. The van der Waals surface area contributed by atoms with Gasteiger partial charge in [0.15, 0.2) is 0 Å². The van der Waals surface area contributed by atoms with Crippen molar-refractivity contribution in [2.45, 2.75) is 13.5 Å². The van der Waals surface area contributed by atoms with Gasteiger partial charge in [-0.2, -0.15) is 0 Å². The van der Waals surface area contributed by atoms with E-state index in [4.69, 9.17) is 39.5 Å². The molecule has 0 amide bonds. The predicted octanol–water partition coefficient (Wildman–Crippen LogP) is 8.44. The minimum Gasteiger partial charge on any atom is -0.488 e. The summed E-state index contributed by atoms with van der Waals surface area (Å²) in [7, 11) is 0. The van der Waals surface area contributed by atoms with Gasteiger partial charge in [-0.15, -0.1) is 0 Å². The Bertz CT molecular complexity index is 1250. The third kappa shape index (κ3) is 4.62. The molecule has 150 valence electrons. The molecule has 0 aliphatic rings. The predicted molar refractivity (Wildman–Crippen MR) is 128 cm³/mol. The summed E-state index contributed by atoms with van der Waals surface area (Å²) in [6, 6.07) is 23.3. The monoisotopic (exact) mass is 453 g/mol. The second-order valence-electron chi connectivity index (χ2n) is 6.91. The Labute approximate surface area is 190 Å². The molecule has 0 aliphatic carbocycles. The van der Waals surface area contributed by atoms with Crippen LogP contribution in [-0.2, 0) is 6.61 Å². The molecular weight excluding hydrogens is 437 g/mol. The average molecular weight is 455 g/mol. The molecule has 4 aromatic carbocycles. The molecule has 0 spiro atoms. The second-order valence-corrected chi connectivity index (χ2v) is 8.17. The van der Waals surface area contributed by atoms with Crippen LogP contribution in [0.1, 0.15) is 16.7 Å². The van der Waals surface area contributed by atoms with E-state index < -0.39 is 0 Å². The summed E-state index contributed by atoms with van der Waals surface area (Å²) in [5.74, 6) is 0.724. The number of ether oxygens (including phenoxy) is 1. The van der Waals surface area contributed by atoms with Crippen molar-refractivity contribution in [3.05, 3.63) is 105 Å². The van der Waals surface area contributed by atoms with Gasteiger partial charge in [0.05, 0.1) is 5.69 Å². The van der Waals surface area contributed by atoms with E-state index in [0.717, 1.165) is 38.9 Å². The fourth-order valence-electron chi connectivity index (χ4n) is 3.13. The standard InChI is InChI=1S/C25H18Cl3NO/c1-16-6-10-20(13-23(16)27)29-14-22-21-5-3-2-4-17(21)8-11-25(22)30-15-18-7-9-19(26)12-24(18)28/h2-14H,15H2,1H3. The molecule has 0 heterocycles. The van der Waals surface area contributed by atoms with Gasteiger partial charge in [0.25, 0.3) is 0 Å². The number of rotatable bonds is 5. The maximum absolute atomic E-state index is 6.30. The molecule has 30 heavy (non-hydrogen) atoms. The molecule has 0 atom stereocenters. The zero-order valence-corrected chi connectivity index (χ0v) is 18.5. The van der Waals surface area contributed by atoms with Gasteiger partial charge < -0.3 is 4.74 Å².